The Hall–Kier alpha value is -1.09. The van der Waals surface area contributed by atoms with E-state index in [4.69, 9.17) is 0 Å². The van der Waals surface area contributed by atoms with Crippen molar-refractivity contribution >= 4 is 0 Å². The van der Waals surface area contributed by atoms with Crippen LogP contribution in [0.2, 0.25) is 0 Å². The summed E-state index contributed by atoms with van der Waals surface area (Å²) in [6, 6.07) is 1.91. The van der Waals surface area contributed by atoms with Gasteiger partial charge in [0, 0.05) is 6.54 Å². The maximum atomic E-state index is 9.71. The van der Waals surface area contributed by atoms with Crippen LogP contribution in [0.3, 0.4) is 0 Å². The summed E-state index contributed by atoms with van der Waals surface area (Å²) in [6.07, 6.45) is 1.82. The van der Waals surface area contributed by atoms with Gasteiger partial charge in [0.25, 0.3) is 0 Å². The van der Waals surface area contributed by atoms with Crippen molar-refractivity contribution in [3.05, 3.63) is 30.1 Å². The molecule has 1 aromatic heterocycles. The maximum Gasteiger partial charge on any atom is 0.0990 e. The summed E-state index contributed by atoms with van der Waals surface area (Å²) < 4.78 is 1.82. The van der Waals surface area contributed by atoms with E-state index in [0.717, 1.165) is 17.9 Å². The molecule has 0 saturated heterocycles. The molecule has 13 heavy (non-hydrogen) atoms. The molecule has 0 fully saturated rings. The van der Waals surface area contributed by atoms with Crippen LogP contribution in [-0.2, 0) is 6.54 Å². The predicted octanol–water partition coefficient (Wildman–Crippen LogP) is 1.82. The lowest BCUT2D eigenvalue weighted by Crippen LogP contribution is -2.07. The monoisotopic (exact) mass is 180 g/mol. The smallest absolute Gasteiger partial charge is 0.0990 e. The number of hydrogen-bond donors (Lipinski definition) is 1. The number of aromatic nitrogens is 2. The Morgan fingerprint density at radius 3 is 3.00 bits per heavy atom. The molecule has 1 aromatic rings. The molecule has 0 aliphatic heterocycles. The van der Waals surface area contributed by atoms with E-state index in [9.17, 15) is 5.11 Å². The quantitative estimate of drug-likeness (QED) is 0.718. The highest BCUT2D eigenvalue weighted by molar-refractivity contribution is 5.12. The van der Waals surface area contributed by atoms with Gasteiger partial charge in [-0.05, 0) is 26.3 Å². The van der Waals surface area contributed by atoms with Crippen LogP contribution in [0.5, 0.6) is 0 Å². The molecule has 1 atom stereocenters. The first kappa shape index (κ1) is 9.99. The number of nitrogens with zero attached hydrogens (tertiary/aromatic N) is 2. The number of hydrogen-bond acceptors (Lipinski definition) is 2. The van der Waals surface area contributed by atoms with Gasteiger partial charge in [0.1, 0.15) is 0 Å². The molecule has 1 unspecified atom stereocenters. The summed E-state index contributed by atoms with van der Waals surface area (Å²) in [6.45, 7) is 8.33. The Morgan fingerprint density at radius 2 is 2.46 bits per heavy atom. The molecule has 0 spiro atoms. The average Bonchev–Trinajstić information content (AvgIpc) is 2.47. The largest absolute Gasteiger partial charge is 0.386 e. The van der Waals surface area contributed by atoms with E-state index in [1.54, 1.807) is 6.08 Å². The number of aliphatic hydroxyl groups is 1. The van der Waals surface area contributed by atoms with Gasteiger partial charge in [-0.15, -0.1) is 6.58 Å². The normalized spacial score (nSPS) is 12.8. The summed E-state index contributed by atoms with van der Waals surface area (Å²) in [7, 11) is 0. The van der Waals surface area contributed by atoms with Gasteiger partial charge in [0.2, 0.25) is 0 Å². The fourth-order valence-corrected chi connectivity index (χ4v) is 1.37. The van der Waals surface area contributed by atoms with E-state index >= 15 is 0 Å². The number of aryl methyl sites for hydroxylation is 2. The Bertz CT molecular complexity index is 291. The second-order valence-electron chi connectivity index (χ2n) is 3.07. The molecule has 1 N–H and O–H groups in total. The molecule has 1 rings (SSSR count). The fourth-order valence-electron chi connectivity index (χ4n) is 1.37. The zero-order chi connectivity index (χ0) is 9.84. The third kappa shape index (κ3) is 2.18. The Labute approximate surface area is 78.7 Å². The van der Waals surface area contributed by atoms with Crippen molar-refractivity contribution in [2.45, 2.75) is 32.9 Å². The minimum absolute atomic E-state index is 0.473. The molecule has 3 heteroatoms. The maximum absolute atomic E-state index is 9.71. The molecular formula is C10H16N2O. The van der Waals surface area contributed by atoms with Crippen molar-refractivity contribution in [1.29, 1.82) is 0 Å². The molecule has 3 nitrogen and oxygen atoms in total. The summed E-state index contributed by atoms with van der Waals surface area (Å²) in [5, 5.41) is 14.0. The van der Waals surface area contributed by atoms with E-state index in [2.05, 4.69) is 11.7 Å². The molecular weight excluding hydrogens is 164 g/mol. The lowest BCUT2D eigenvalue weighted by Gasteiger charge is -2.09. The topological polar surface area (TPSA) is 38.1 Å². The molecule has 0 aliphatic rings. The minimum Gasteiger partial charge on any atom is -0.386 e. The van der Waals surface area contributed by atoms with E-state index in [1.165, 1.54) is 0 Å². The molecule has 72 valence electrons. The molecule has 0 aromatic carbocycles. The van der Waals surface area contributed by atoms with Gasteiger partial charge in [0.05, 0.1) is 17.5 Å². The van der Waals surface area contributed by atoms with Crippen molar-refractivity contribution in [2.75, 3.05) is 0 Å². The molecule has 1 heterocycles. The highest BCUT2D eigenvalue weighted by atomic mass is 16.3. The first-order valence-electron chi connectivity index (χ1n) is 4.52. The van der Waals surface area contributed by atoms with Gasteiger partial charge in [-0.25, -0.2) is 0 Å². The first-order valence-corrected chi connectivity index (χ1v) is 4.52. The van der Waals surface area contributed by atoms with Crippen molar-refractivity contribution < 1.29 is 5.11 Å². The van der Waals surface area contributed by atoms with Crippen LogP contribution in [0.15, 0.2) is 18.7 Å². The van der Waals surface area contributed by atoms with E-state index in [1.807, 2.05) is 24.6 Å². The molecule has 0 radical (unpaired) electrons. The van der Waals surface area contributed by atoms with Gasteiger partial charge in [0.15, 0.2) is 0 Å². The van der Waals surface area contributed by atoms with Crippen LogP contribution in [0, 0.1) is 6.92 Å². The Morgan fingerprint density at radius 1 is 1.77 bits per heavy atom. The van der Waals surface area contributed by atoms with Crippen LogP contribution in [0.25, 0.3) is 0 Å². The molecule has 0 saturated carbocycles. The van der Waals surface area contributed by atoms with Crippen LogP contribution in [0.1, 0.15) is 30.8 Å². The fraction of sp³-hybridized carbons (Fsp3) is 0.500. The van der Waals surface area contributed by atoms with Gasteiger partial charge in [-0.3, -0.25) is 4.68 Å². The molecule has 0 bridgehead atoms. The van der Waals surface area contributed by atoms with Crippen LogP contribution in [-0.4, -0.2) is 14.9 Å². The second kappa shape index (κ2) is 4.23. The molecule has 0 amide bonds. The number of aliphatic hydroxyl groups excluding tert-OH is 1. The van der Waals surface area contributed by atoms with Crippen LogP contribution < -0.4 is 0 Å². The SMILES string of the molecule is C=CCC(O)c1cc(C)nn1CC. The van der Waals surface area contributed by atoms with E-state index < -0.39 is 6.10 Å². The first-order chi connectivity index (χ1) is 6.19. The van der Waals surface area contributed by atoms with Gasteiger partial charge < -0.3 is 5.11 Å². The van der Waals surface area contributed by atoms with E-state index in [-0.39, 0.29) is 0 Å². The summed E-state index contributed by atoms with van der Waals surface area (Å²) in [5.74, 6) is 0. The highest BCUT2D eigenvalue weighted by Gasteiger charge is 2.11. The summed E-state index contributed by atoms with van der Waals surface area (Å²) in [4.78, 5) is 0. The predicted molar refractivity (Wildman–Crippen MR) is 52.4 cm³/mol. The van der Waals surface area contributed by atoms with Crippen molar-refractivity contribution in [1.82, 2.24) is 9.78 Å². The van der Waals surface area contributed by atoms with Crippen molar-refractivity contribution in [3.8, 4) is 0 Å². The van der Waals surface area contributed by atoms with Gasteiger partial charge in [-0.1, -0.05) is 6.08 Å². The highest BCUT2D eigenvalue weighted by Crippen LogP contribution is 2.17. The van der Waals surface area contributed by atoms with E-state index in [0.29, 0.717) is 6.42 Å². The zero-order valence-electron chi connectivity index (χ0n) is 8.20. The summed E-state index contributed by atoms with van der Waals surface area (Å²) >= 11 is 0. The number of rotatable bonds is 4. The lowest BCUT2D eigenvalue weighted by atomic mass is 10.2. The Kier molecular flexibility index (Phi) is 3.25. The molecule has 0 aliphatic carbocycles. The third-order valence-electron chi connectivity index (χ3n) is 1.96. The van der Waals surface area contributed by atoms with Crippen molar-refractivity contribution in [2.24, 2.45) is 0 Å². The third-order valence-corrected chi connectivity index (χ3v) is 1.96. The van der Waals surface area contributed by atoms with Crippen molar-refractivity contribution in [3.63, 3.8) is 0 Å². The van der Waals surface area contributed by atoms with Gasteiger partial charge in [-0.2, -0.15) is 5.10 Å². The summed E-state index contributed by atoms with van der Waals surface area (Å²) in [5.41, 5.74) is 1.82. The van der Waals surface area contributed by atoms with Crippen LogP contribution >= 0.6 is 0 Å². The van der Waals surface area contributed by atoms with Crippen LogP contribution in [0.4, 0.5) is 0 Å². The zero-order valence-corrected chi connectivity index (χ0v) is 8.20. The second-order valence-corrected chi connectivity index (χ2v) is 3.07. The Balaban J connectivity index is 2.90. The standard InChI is InChI=1S/C10H16N2O/c1-4-6-10(13)9-7-8(3)11-12(9)5-2/h4,7,10,13H,1,5-6H2,2-3H3. The average molecular weight is 180 g/mol. The van der Waals surface area contributed by atoms with Gasteiger partial charge >= 0.3 is 0 Å². The lowest BCUT2D eigenvalue weighted by molar-refractivity contribution is 0.170. The minimum atomic E-state index is -0.473.